The van der Waals surface area contributed by atoms with Gasteiger partial charge in [-0.2, -0.15) is 0 Å². The van der Waals surface area contributed by atoms with Crippen LogP contribution in [0.2, 0.25) is 0 Å². The fourth-order valence-electron chi connectivity index (χ4n) is 2.27. The summed E-state index contributed by atoms with van der Waals surface area (Å²) < 4.78 is 5.77. The van der Waals surface area contributed by atoms with Gasteiger partial charge in [-0.15, -0.1) is 0 Å². The van der Waals surface area contributed by atoms with Crippen molar-refractivity contribution in [1.29, 1.82) is 0 Å². The molecule has 0 amide bonds. The van der Waals surface area contributed by atoms with E-state index < -0.39 is 0 Å². The molecule has 0 bridgehead atoms. The highest BCUT2D eigenvalue weighted by atomic mass is 16.3. The number of nitrogens with two attached hydrogens (primary N) is 1. The van der Waals surface area contributed by atoms with Crippen molar-refractivity contribution < 1.29 is 4.42 Å². The van der Waals surface area contributed by atoms with Gasteiger partial charge in [0.15, 0.2) is 0 Å². The topological polar surface area (TPSA) is 42.4 Å². The van der Waals surface area contributed by atoms with E-state index in [2.05, 4.69) is 49.1 Å². The third-order valence-corrected chi connectivity index (χ3v) is 3.39. The lowest BCUT2D eigenvalue weighted by Gasteiger charge is -2.22. The monoisotopic (exact) mass is 258 g/mol. The Hall–Kier alpha value is -1.74. The molecule has 0 aliphatic carbocycles. The number of furan rings is 1. The van der Waals surface area contributed by atoms with Crippen molar-refractivity contribution in [2.45, 2.75) is 33.9 Å². The quantitative estimate of drug-likeness (QED) is 0.894. The number of hydrogen-bond acceptors (Lipinski definition) is 3. The minimum atomic E-state index is 0.534. The number of nitrogens with zero attached hydrogens (tertiary/aromatic N) is 1. The summed E-state index contributed by atoms with van der Waals surface area (Å²) in [5.74, 6) is 1.90. The molecule has 102 valence electrons. The molecule has 3 nitrogen and oxygen atoms in total. The molecule has 2 N–H and O–H groups in total. The average molecular weight is 258 g/mol. The van der Waals surface area contributed by atoms with Gasteiger partial charge in [-0.05, 0) is 44.5 Å². The Morgan fingerprint density at radius 1 is 1.21 bits per heavy atom. The van der Waals surface area contributed by atoms with E-state index in [0.717, 1.165) is 30.2 Å². The maximum atomic E-state index is 5.77. The number of anilines is 1. The molecule has 0 saturated carbocycles. The fourth-order valence-corrected chi connectivity index (χ4v) is 2.27. The summed E-state index contributed by atoms with van der Waals surface area (Å²) >= 11 is 0. The zero-order valence-corrected chi connectivity index (χ0v) is 11.9. The van der Waals surface area contributed by atoms with Crippen LogP contribution < -0.4 is 10.6 Å². The summed E-state index contributed by atoms with van der Waals surface area (Å²) in [6.07, 6.45) is 0. The van der Waals surface area contributed by atoms with E-state index in [-0.39, 0.29) is 0 Å². The van der Waals surface area contributed by atoms with Crippen molar-refractivity contribution in [1.82, 2.24) is 0 Å². The Labute approximate surface area is 115 Å². The van der Waals surface area contributed by atoms with Crippen LogP contribution in [0.1, 0.15) is 29.6 Å². The lowest BCUT2D eigenvalue weighted by Crippen LogP contribution is -2.21. The standard InChI is InChI=1S/C16H22N2O/c1-4-18(15-7-5-6-12(2)8-15)11-16-9-14(10-17)13(3)19-16/h5-9H,4,10-11,17H2,1-3H3. The first-order chi connectivity index (χ1) is 9.13. The Kier molecular flexibility index (Phi) is 4.27. The highest BCUT2D eigenvalue weighted by Gasteiger charge is 2.10. The maximum absolute atomic E-state index is 5.77. The summed E-state index contributed by atoms with van der Waals surface area (Å²) in [6.45, 7) is 8.49. The fraction of sp³-hybridized carbons (Fsp3) is 0.375. The van der Waals surface area contributed by atoms with Crippen LogP contribution >= 0.6 is 0 Å². The lowest BCUT2D eigenvalue weighted by molar-refractivity contribution is 0.476. The molecule has 1 heterocycles. The van der Waals surface area contributed by atoms with Gasteiger partial charge in [0.25, 0.3) is 0 Å². The van der Waals surface area contributed by atoms with Crippen LogP contribution in [0.25, 0.3) is 0 Å². The molecule has 0 aliphatic heterocycles. The predicted octanol–water partition coefficient (Wildman–Crippen LogP) is 3.38. The number of rotatable bonds is 5. The van der Waals surface area contributed by atoms with Crippen molar-refractivity contribution >= 4 is 5.69 Å². The second kappa shape index (κ2) is 5.93. The number of aryl methyl sites for hydroxylation is 2. The van der Waals surface area contributed by atoms with Crippen molar-refractivity contribution in [3.05, 3.63) is 53.0 Å². The molecule has 0 spiro atoms. The van der Waals surface area contributed by atoms with Crippen molar-refractivity contribution in [3.8, 4) is 0 Å². The second-order valence-electron chi connectivity index (χ2n) is 4.85. The molecule has 2 aromatic rings. The van der Waals surface area contributed by atoms with Gasteiger partial charge in [0, 0.05) is 24.3 Å². The van der Waals surface area contributed by atoms with E-state index in [4.69, 9.17) is 10.2 Å². The molecular formula is C16H22N2O. The summed E-state index contributed by atoms with van der Waals surface area (Å²) in [5.41, 5.74) is 9.28. The number of hydrogen-bond donors (Lipinski definition) is 1. The Balaban J connectivity index is 2.18. The van der Waals surface area contributed by atoms with Crippen LogP contribution in [0, 0.1) is 13.8 Å². The largest absolute Gasteiger partial charge is 0.464 e. The minimum absolute atomic E-state index is 0.534. The third-order valence-electron chi connectivity index (χ3n) is 3.39. The van der Waals surface area contributed by atoms with Crippen LogP contribution in [0.15, 0.2) is 34.7 Å². The van der Waals surface area contributed by atoms with Crippen LogP contribution in [0.3, 0.4) is 0 Å². The van der Waals surface area contributed by atoms with Gasteiger partial charge in [0.1, 0.15) is 11.5 Å². The normalized spacial score (nSPS) is 10.7. The summed E-state index contributed by atoms with van der Waals surface area (Å²) in [6, 6.07) is 10.6. The van der Waals surface area contributed by atoms with E-state index >= 15 is 0 Å². The maximum Gasteiger partial charge on any atom is 0.123 e. The van der Waals surface area contributed by atoms with Gasteiger partial charge in [-0.1, -0.05) is 12.1 Å². The highest BCUT2D eigenvalue weighted by molar-refractivity contribution is 5.48. The molecule has 3 heteroatoms. The van der Waals surface area contributed by atoms with Gasteiger partial charge in [0.05, 0.1) is 6.54 Å². The molecule has 0 aliphatic rings. The lowest BCUT2D eigenvalue weighted by atomic mass is 10.2. The minimum Gasteiger partial charge on any atom is -0.464 e. The van der Waals surface area contributed by atoms with Gasteiger partial charge in [0.2, 0.25) is 0 Å². The SMILES string of the molecule is CCN(Cc1cc(CN)c(C)o1)c1cccc(C)c1. The summed E-state index contributed by atoms with van der Waals surface area (Å²) in [7, 11) is 0. The zero-order valence-electron chi connectivity index (χ0n) is 11.9. The average Bonchev–Trinajstić information content (AvgIpc) is 2.76. The molecular weight excluding hydrogens is 236 g/mol. The van der Waals surface area contributed by atoms with E-state index in [9.17, 15) is 0 Å². The Bertz CT molecular complexity index is 545. The first kappa shape index (κ1) is 13.7. The smallest absolute Gasteiger partial charge is 0.123 e. The predicted molar refractivity (Wildman–Crippen MR) is 79.2 cm³/mol. The molecule has 1 aromatic carbocycles. The summed E-state index contributed by atoms with van der Waals surface area (Å²) in [4.78, 5) is 2.30. The van der Waals surface area contributed by atoms with Crippen LogP contribution in [-0.4, -0.2) is 6.54 Å². The van der Waals surface area contributed by atoms with E-state index in [1.165, 1.54) is 11.3 Å². The molecule has 2 rings (SSSR count). The molecule has 1 aromatic heterocycles. The molecule has 19 heavy (non-hydrogen) atoms. The van der Waals surface area contributed by atoms with E-state index in [1.54, 1.807) is 0 Å². The van der Waals surface area contributed by atoms with Gasteiger partial charge >= 0.3 is 0 Å². The third kappa shape index (κ3) is 3.18. The van der Waals surface area contributed by atoms with E-state index in [1.807, 2.05) is 6.92 Å². The molecule has 0 atom stereocenters. The molecule has 0 radical (unpaired) electrons. The molecule has 0 fully saturated rings. The highest BCUT2D eigenvalue weighted by Crippen LogP contribution is 2.21. The first-order valence-corrected chi connectivity index (χ1v) is 6.74. The summed E-state index contributed by atoms with van der Waals surface area (Å²) in [5, 5.41) is 0. The Morgan fingerprint density at radius 2 is 2.00 bits per heavy atom. The van der Waals surface area contributed by atoms with Crippen molar-refractivity contribution in [3.63, 3.8) is 0 Å². The first-order valence-electron chi connectivity index (χ1n) is 6.74. The Morgan fingerprint density at radius 3 is 2.58 bits per heavy atom. The van der Waals surface area contributed by atoms with Gasteiger partial charge in [-0.25, -0.2) is 0 Å². The number of benzene rings is 1. The van der Waals surface area contributed by atoms with Crippen LogP contribution in [0.5, 0.6) is 0 Å². The van der Waals surface area contributed by atoms with E-state index in [0.29, 0.717) is 6.54 Å². The van der Waals surface area contributed by atoms with Crippen molar-refractivity contribution in [2.75, 3.05) is 11.4 Å². The van der Waals surface area contributed by atoms with Crippen LogP contribution in [0.4, 0.5) is 5.69 Å². The molecule has 0 unspecified atom stereocenters. The van der Waals surface area contributed by atoms with Gasteiger partial charge in [-0.3, -0.25) is 0 Å². The van der Waals surface area contributed by atoms with Gasteiger partial charge < -0.3 is 15.1 Å². The second-order valence-corrected chi connectivity index (χ2v) is 4.85. The zero-order chi connectivity index (χ0) is 13.8. The van der Waals surface area contributed by atoms with Crippen molar-refractivity contribution in [2.24, 2.45) is 5.73 Å². The van der Waals surface area contributed by atoms with Crippen LogP contribution in [-0.2, 0) is 13.1 Å². The molecule has 0 saturated heterocycles.